The van der Waals surface area contributed by atoms with Gasteiger partial charge < -0.3 is 25.4 Å². The van der Waals surface area contributed by atoms with Crippen LogP contribution in [0.25, 0.3) is 0 Å². The van der Waals surface area contributed by atoms with Gasteiger partial charge in [-0.15, -0.1) is 12.4 Å². The van der Waals surface area contributed by atoms with E-state index in [-0.39, 0.29) is 30.4 Å². The van der Waals surface area contributed by atoms with Gasteiger partial charge in [-0.25, -0.2) is 9.37 Å². The Hall–Kier alpha value is -2.76. The van der Waals surface area contributed by atoms with Gasteiger partial charge in [0.2, 0.25) is 5.95 Å². The molecule has 204 valence electrons. The van der Waals surface area contributed by atoms with Gasteiger partial charge in [-0.2, -0.15) is 4.98 Å². The summed E-state index contributed by atoms with van der Waals surface area (Å²) in [5.74, 6) is 1.54. The van der Waals surface area contributed by atoms with Crippen molar-refractivity contribution in [3.63, 3.8) is 0 Å². The van der Waals surface area contributed by atoms with Crippen molar-refractivity contribution in [1.82, 2.24) is 25.2 Å². The van der Waals surface area contributed by atoms with Crippen LogP contribution in [0.4, 0.5) is 16.2 Å². The molecule has 3 N–H and O–H groups in total. The van der Waals surface area contributed by atoms with Gasteiger partial charge in [0.05, 0.1) is 26.0 Å². The molecule has 4 heterocycles. The molecule has 1 unspecified atom stereocenters. The third-order valence-corrected chi connectivity index (χ3v) is 6.83. The predicted octanol–water partition coefficient (Wildman–Crippen LogP) is 2.92. The Morgan fingerprint density at radius 2 is 2.11 bits per heavy atom. The summed E-state index contributed by atoms with van der Waals surface area (Å²) in [6, 6.07) is 3.72. The van der Waals surface area contributed by atoms with Crippen molar-refractivity contribution in [1.29, 1.82) is 0 Å². The first-order chi connectivity index (χ1) is 17.5. The summed E-state index contributed by atoms with van der Waals surface area (Å²) < 4.78 is 26.6. The lowest BCUT2D eigenvalue weighted by Gasteiger charge is -2.36. The average Bonchev–Trinajstić information content (AvgIpc) is 2.92. The van der Waals surface area contributed by atoms with Crippen LogP contribution in [0.2, 0.25) is 0 Å². The van der Waals surface area contributed by atoms with E-state index in [0.717, 1.165) is 30.9 Å². The Bertz CT molecular complexity index is 1020. The molecule has 1 atom stereocenters. The number of carbonyl (C=O) groups excluding carboxylic acids is 1. The van der Waals surface area contributed by atoms with Crippen LogP contribution >= 0.6 is 12.4 Å². The fourth-order valence-electron chi connectivity index (χ4n) is 4.58. The van der Waals surface area contributed by atoms with E-state index in [4.69, 9.17) is 9.47 Å². The molecule has 0 radical (unpaired) electrons. The maximum atomic E-state index is 15.7. The van der Waals surface area contributed by atoms with E-state index in [1.165, 1.54) is 6.20 Å². The van der Waals surface area contributed by atoms with E-state index >= 15 is 4.39 Å². The lowest BCUT2D eigenvalue weighted by molar-refractivity contribution is 0.0594. The number of nitrogens with zero attached hydrogens (tertiary/aromatic N) is 4. The van der Waals surface area contributed by atoms with Crippen molar-refractivity contribution < 1.29 is 18.7 Å². The number of rotatable bonds is 10. The lowest BCUT2D eigenvalue weighted by atomic mass is 9.93. The number of hydrogen-bond donors (Lipinski definition) is 3. The molecule has 37 heavy (non-hydrogen) atoms. The van der Waals surface area contributed by atoms with E-state index < -0.39 is 5.67 Å². The van der Waals surface area contributed by atoms with E-state index in [2.05, 4.69) is 35.8 Å². The predicted molar refractivity (Wildman–Crippen MR) is 142 cm³/mol. The Labute approximate surface area is 223 Å². The van der Waals surface area contributed by atoms with Crippen LogP contribution in [0.5, 0.6) is 5.75 Å². The topological polar surface area (TPSA) is 114 Å². The molecule has 2 aliphatic heterocycles. The molecular formula is C25H37ClFN7O3. The maximum absolute atomic E-state index is 15.7. The minimum Gasteiger partial charge on any atom is -0.495 e. The van der Waals surface area contributed by atoms with Crippen LogP contribution < -0.4 is 20.7 Å². The number of hydrogen-bond acceptors (Lipinski definition) is 9. The van der Waals surface area contributed by atoms with Crippen LogP contribution in [0.15, 0.2) is 24.5 Å². The maximum Gasteiger partial charge on any atom is 0.256 e. The van der Waals surface area contributed by atoms with Gasteiger partial charge in [0.1, 0.15) is 22.8 Å². The zero-order valence-electron chi connectivity index (χ0n) is 21.5. The number of alkyl halides is 1. The summed E-state index contributed by atoms with van der Waals surface area (Å²) in [7, 11) is 3.17. The van der Waals surface area contributed by atoms with Crippen LogP contribution in [0, 0.1) is 5.92 Å². The molecule has 2 aliphatic rings. The molecule has 0 spiro atoms. The number of anilines is 2. The number of piperidine rings is 1. The van der Waals surface area contributed by atoms with E-state index in [1.54, 1.807) is 20.4 Å². The van der Waals surface area contributed by atoms with Gasteiger partial charge in [0, 0.05) is 52.2 Å². The minimum absolute atomic E-state index is 0. The van der Waals surface area contributed by atoms with E-state index in [0.29, 0.717) is 63.3 Å². The lowest BCUT2D eigenvalue weighted by Crippen LogP contribution is -2.45. The molecule has 0 saturated carbocycles. The highest BCUT2D eigenvalue weighted by molar-refractivity contribution is 5.98. The number of methoxy groups -OCH3 is 1. The molecular weight excluding hydrogens is 501 g/mol. The second kappa shape index (κ2) is 13.7. The van der Waals surface area contributed by atoms with Crippen LogP contribution in [-0.4, -0.2) is 85.0 Å². The van der Waals surface area contributed by atoms with Crippen LogP contribution in [0.1, 0.15) is 41.7 Å². The average molecular weight is 538 g/mol. The molecule has 0 bridgehead atoms. The van der Waals surface area contributed by atoms with Gasteiger partial charge in [-0.1, -0.05) is 0 Å². The highest BCUT2D eigenvalue weighted by Gasteiger charge is 2.35. The quantitative estimate of drug-likeness (QED) is 0.421. The van der Waals surface area contributed by atoms with Crippen molar-refractivity contribution in [3.8, 4) is 5.75 Å². The van der Waals surface area contributed by atoms with Crippen molar-refractivity contribution in [2.45, 2.75) is 37.9 Å². The number of amides is 1. The molecule has 10 nitrogen and oxygen atoms in total. The smallest absolute Gasteiger partial charge is 0.256 e. The van der Waals surface area contributed by atoms with Gasteiger partial charge in [-0.3, -0.25) is 14.7 Å². The minimum atomic E-state index is -1.41. The second-order valence-electron chi connectivity index (χ2n) is 9.43. The van der Waals surface area contributed by atoms with Gasteiger partial charge in [0.15, 0.2) is 0 Å². The number of carbonyl (C=O) groups is 1. The fraction of sp³-hybridized carbons (Fsp3) is 0.600. The van der Waals surface area contributed by atoms with Crippen molar-refractivity contribution >= 4 is 30.1 Å². The highest BCUT2D eigenvalue weighted by Crippen LogP contribution is 2.29. The molecule has 12 heteroatoms. The molecule has 2 fully saturated rings. The summed E-state index contributed by atoms with van der Waals surface area (Å²) in [6.45, 7) is 4.07. The van der Waals surface area contributed by atoms with E-state index in [9.17, 15) is 4.79 Å². The molecule has 2 aromatic heterocycles. The molecule has 1 amide bonds. The summed E-state index contributed by atoms with van der Waals surface area (Å²) in [6.07, 6.45) is 6.07. The number of pyridine rings is 1. The summed E-state index contributed by atoms with van der Waals surface area (Å²) in [5, 5.41) is 8.93. The fourth-order valence-corrected chi connectivity index (χ4v) is 4.58. The SMILES string of the molecule is CNC(=O)c1cnc(NCC2CCCOC2)nc1NCC1(F)CCN(Cc2ncccc2OC)CC1.Cl. The summed E-state index contributed by atoms with van der Waals surface area (Å²) >= 11 is 0. The first-order valence-corrected chi connectivity index (χ1v) is 12.5. The Kier molecular flexibility index (Phi) is 10.7. The van der Waals surface area contributed by atoms with Crippen molar-refractivity contribution in [3.05, 3.63) is 35.8 Å². The first-order valence-electron chi connectivity index (χ1n) is 12.5. The van der Waals surface area contributed by atoms with E-state index in [1.807, 2.05) is 12.1 Å². The molecule has 2 aromatic rings. The second-order valence-corrected chi connectivity index (χ2v) is 9.43. The zero-order valence-corrected chi connectivity index (χ0v) is 22.3. The number of nitrogens with one attached hydrogen (secondary N) is 3. The molecule has 2 saturated heterocycles. The van der Waals surface area contributed by atoms with Gasteiger partial charge >= 0.3 is 0 Å². The van der Waals surface area contributed by atoms with Gasteiger partial charge in [-0.05, 0) is 43.7 Å². The summed E-state index contributed by atoms with van der Waals surface area (Å²) in [5.41, 5.74) is -0.282. The standard InChI is InChI=1S/C25H36FN7O3.ClH/c1-27-23(34)19-14-30-24(29-13-18-5-4-12-36-16-18)32-22(19)31-17-25(26)7-10-33(11-8-25)15-20-21(35-2)6-3-9-28-20;/h3,6,9,14,18H,4-5,7-8,10-13,15-17H2,1-2H3,(H,27,34)(H2,29,30,31,32);1H. The van der Waals surface area contributed by atoms with Crippen LogP contribution in [-0.2, 0) is 11.3 Å². The normalized spacial score (nSPS) is 19.4. The Balaban J connectivity index is 0.00000380. The molecule has 0 aliphatic carbocycles. The number of halogens is 2. The first kappa shape index (κ1) is 28.8. The largest absolute Gasteiger partial charge is 0.495 e. The number of likely N-dealkylation sites (tertiary alicyclic amines) is 1. The highest BCUT2D eigenvalue weighted by atomic mass is 35.5. The molecule has 4 rings (SSSR count). The third kappa shape index (κ3) is 7.86. The number of aromatic nitrogens is 3. The monoisotopic (exact) mass is 537 g/mol. The van der Waals surface area contributed by atoms with Crippen molar-refractivity contribution in [2.75, 3.05) is 64.2 Å². The summed E-state index contributed by atoms with van der Waals surface area (Å²) in [4.78, 5) is 27.7. The molecule has 0 aromatic carbocycles. The number of ether oxygens (including phenoxy) is 2. The zero-order chi connectivity index (χ0) is 25.4. The van der Waals surface area contributed by atoms with Gasteiger partial charge in [0.25, 0.3) is 5.91 Å². The Morgan fingerprint density at radius 1 is 1.30 bits per heavy atom. The third-order valence-electron chi connectivity index (χ3n) is 6.83. The van der Waals surface area contributed by atoms with Crippen LogP contribution in [0.3, 0.4) is 0 Å². The Morgan fingerprint density at radius 3 is 2.81 bits per heavy atom. The van der Waals surface area contributed by atoms with Crippen molar-refractivity contribution in [2.24, 2.45) is 5.92 Å².